The number of amides is 2. The molecule has 1 aliphatic carbocycles. The number of carbonyl (C=O) groups excluding carboxylic acids is 2. The summed E-state index contributed by atoms with van der Waals surface area (Å²) in [7, 11) is -3.60. The fourth-order valence-corrected chi connectivity index (χ4v) is 4.19. The van der Waals surface area contributed by atoms with Gasteiger partial charge in [-0.3, -0.25) is 13.9 Å². The number of nitrogens with zero attached hydrogens (tertiary/aromatic N) is 1. The molecule has 0 aliphatic heterocycles. The lowest BCUT2D eigenvalue weighted by Gasteiger charge is -2.24. The highest BCUT2D eigenvalue weighted by molar-refractivity contribution is 7.92. The van der Waals surface area contributed by atoms with E-state index in [0.29, 0.717) is 5.69 Å². The van der Waals surface area contributed by atoms with Gasteiger partial charge in [0.25, 0.3) is 0 Å². The third kappa shape index (κ3) is 6.86. The summed E-state index contributed by atoms with van der Waals surface area (Å²) in [5, 5.41) is 5.63. The van der Waals surface area contributed by atoms with E-state index in [4.69, 9.17) is 0 Å². The van der Waals surface area contributed by atoms with Crippen LogP contribution >= 0.6 is 0 Å². The third-order valence-electron chi connectivity index (χ3n) is 4.72. The van der Waals surface area contributed by atoms with Crippen molar-refractivity contribution in [2.45, 2.75) is 51.5 Å². The van der Waals surface area contributed by atoms with Crippen LogP contribution in [-0.4, -0.2) is 45.6 Å². The van der Waals surface area contributed by atoms with Crippen LogP contribution in [0.3, 0.4) is 0 Å². The molecule has 1 aromatic rings. The summed E-state index contributed by atoms with van der Waals surface area (Å²) in [6, 6.07) is 7.24. The Morgan fingerprint density at radius 1 is 1.11 bits per heavy atom. The van der Waals surface area contributed by atoms with E-state index in [0.717, 1.165) is 41.8 Å². The molecule has 2 rings (SSSR count). The average Bonchev–Trinajstić information content (AvgIpc) is 2.60. The summed E-state index contributed by atoms with van der Waals surface area (Å²) in [6.45, 7) is 1.66. The van der Waals surface area contributed by atoms with Crippen molar-refractivity contribution in [2.75, 3.05) is 23.7 Å². The fourth-order valence-electron chi connectivity index (χ4n) is 3.27. The number of rotatable bonds is 8. The van der Waals surface area contributed by atoms with E-state index in [2.05, 4.69) is 10.6 Å². The highest BCUT2D eigenvalue weighted by Gasteiger charge is 2.22. The molecule has 1 aliphatic rings. The van der Waals surface area contributed by atoms with Crippen LogP contribution in [-0.2, 0) is 19.6 Å². The number of aryl methyl sites for hydroxylation is 1. The Morgan fingerprint density at radius 2 is 1.78 bits per heavy atom. The molecule has 0 radical (unpaired) electrons. The van der Waals surface area contributed by atoms with Crippen molar-refractivity contribution in [3.63, 3.8) is 0 Å². The second-order valence-corrected chi connectivity index (χ2v) is 8.97. The number of para-hydroxylation sites is 1. The van der Waals surface area contributed by atoms with Gasteiger partial charge in [0.05, 0.1) is 11.9 Å². The average molecular weight is 396 g/mol. The number of benzene rings is 1. The zero-order chi connectivity index (χ0) is 19.9. The summed E-state index contributed by atoms with van der Waals surface area (Å²) in [5.41, 5.74) is 1.24. The standard InChI is InChI=1S/C19H29N3O4S/c1-15-8-6-7-11-17(15)22(27(2,25)26)14-19(24)20-13-12-18(23)21-16-9-4-3-5-10-16/h6-8,11,16H,3-5,9-10,12-14H2,1-2H3,(H,20,24)(H,21,23). The van der Waals surface area contributed by atoms with Gasteiger partial charge in [0.15, 0.2) is 0 Å². The Morgan fingerprint density at radius 3 is 2.41 bits per heavy atom. The molecular formula is C19H29N3O4S. The van der Waals surface area contributed by atoms with Gasteiger partial charge in [-0.1, -0.05) is 37.5 Å². The molecule has 1 aromatic carbocycles. The van der Waals surface area contributed by atoms with Crippen molar-refractivity contribution in [1.82, 2.24) is 10.6 Å². The van der Waals surface area contributed by atoms with Crippen LogP contribution in [0.25, 0.3) is 0 Å². The van der Waals surface area contributed by atoms with Crippen LogP contribution in [0.5, 0.6) is 0 Å². The molecule has 150 valence electrons. The Balaban J connectivity index is 1.83. The maximum Gasteiger partial charge on any atom is 0.240 e. The van der Waals surface area contributed by atoms with E-state index in [9.17, 15) is 18.0 Å². The van der Waals surface area contributed by atoms with Gasteiger partial charge < -0.3 is 10.6 Å². The predicted molar refractivity (Wildman–Crippen MR) is 106 cm³/mol. The summed E-state index contributed by atoms with van der Waals surface area (Å²) in [5.74, 6) is -0.518. The predicted octanol–water partition coefficient (Wildman–Crippen LogP) is 1.72. The molecule has 1 fully saturated rings. The maximum atomic E-state index is 12.2. The van der Waals surface area contributed by atoms with Gasteiger partial charge in [0.1, 0.15) is 6.54 Å². The molecule has 0 atom stereocenters. The zero-order valence-electron chi connectivity index (χ0n) is 16.0. The number of carbonyl (C=O) groups is 2. The highest BCUT2D eigenvalue weighted by Crippen LogP contribution is 2.21. The number of hydrogen-bond acceptors (Lipinski definition) is 4. The first-order valence-electron chi connectivity index (χ1n) is 9.37. The molecule has 27 heavy (non-hydrogen) atoms. The van der Waals surface area contributed by atoms with Crippen LogP contribution in [0.2, 0.25) is 0 Å². The van der Waals surface area contributed by atoms with Crippen LogP contribution in [0.4, 0.5) is 5.69 Å². The van der Waals surface area contributed by atoms with Crippen LogP contribution < -0.4 is 14.9 Å². The van der Waals surface area contributed by atoms with Gasteiger partial charge in [-0.2, -0.15) is 0 Å². The minimum Gasteiger partial charge on any atom is -0.354 e. The maximum absolute atomic E-state index is 12.2. The lowest BCUT2D eigenvalue weighted by molar-refractivity contribution is -0.122. The second-order valence-electron chi connectivity index (χ2n) is 7.06. The van der Waals surface area contributed by atoms with Crippen molar-refractivity contribution < 1.29 is 18.0 Å². The lowest BCUT2D eigenvalue weighted by Crippen LogP contribution is -2.42. The lowest BCUT2D eigenvalue weighted by atomic mass is 9.95. The molecule has 0 unspecified atom stereocenters. The van der Waals surface area contributed by atoms with Gasteiger partial charge in [0, 0.05) is 19.0 Å². The highest BCUT2D eigenvalue weighted by atomic mass is 32.2. The molecule has 0 heterocycles. The summed E-state index contributed by atoms with van der Waals surface area (Å²) in [6.07, 6.45) is 6.79. The zero-order valence-corrected chi connectivity index (χ0v) is 16.8. The molecule has 0 bridgehead atoms. The van der Waals surface area contributed by atoms with E-state index in [1.54, 1.807) is 25.1 Å². The van der Waals surface area contributed by atoms with Crippen LogP contribution in [0, 0.1) is 6.92 Å². The Bertz CT molecular complexity index is 758. The van der Waals surface area contributed by atoms with Crippen LogP contribution in [0.1, 0.15) is 44.1 Å². The molecule has 7 nitrogen and oxygen atoms in total. The molecule has 1 saturated carbocycles. The quantitative estimate of drug-likeness (QED) is 0.700. The first-order valence-corrected chi connectivity index (χ1v) is 11.2. The minimum absolute atomic E-state index is 0.0823. The smallest absolute Gasteiger partial charge is 0.240 e. The third-order valence-corrected chi connectivity index (χ3v) is 5.84. The van der Waals surface area contributed by atoms with Crippen molar-refractivity contribution in [3.8, 4) is 0 Å². The van der Waals surface area contributed by atoms with E-state index in [1.165, 1.54) is 6.42 Å². The second kappa shape index (κ2) is 9.73. The van der Waals surface area contributed by atoms with Crippen molar-refractivity contribution in [2.24, 2.45) is 0 Å². The normalized spacial score (nSPS) is 15.2. The van der Waals surface area contributed by atoms with Crippen molar-refractivity contribution in [1.29, 1.82) is 0 Å². The van der Waals surface area contributed by atoms with E-state index in [1.807, 2.05) is 6.07 Å². The van der Waals surface area contributed by atoms with E-state index < -0.39 is 15.9 Å². The monoisotopic (exact) mass is 395 g/mol. The number of anilines is 1. The fraction of sp³-hybridized carbons (Fsp3) is 0.579. The number of nitrogens with one attached hydrogen (secondary N) is 2. The van der Waals surface area contributed by atoms with Gasteiger partial charge >= 0.3 is 0 Å². The summed E-state index contributed by atoms with van der Waals surface area (Å²) in [4.78, 5) is 24.2. The van der Waals surface area contributed by atoms with Gasteiger partial charge in [-0.15, -0.1) is 0 Å². The molecule has 0 aromatic heterocycles. The summed E-state index contributed by atoms with van der Waals surface area (Å²) < 4.78 is 25.3. The molecule has 2 amide bonds. The van der Waals surface area contributed by atoms with Crippen molar-refractivity contribution in [3.05, 3.63) is 29.8 Å². The largest absolute Gasteiger partial charge is 0.354 e. The van der Waals surface area contributed by atoms with Gasteiger partial charge in [0.2, 0.25) is 21.8 Å². The molecule has 2 N–H and O–H groups in total. The SMILES string of the molecule is Cc1ccccc1N(CC(=O)NCCC(=O)NC1CCCCC1)S(C)(=O)=O. The summed E-state index contributed by atoms with van der Waals surface area (Å²) >= 11 is 0. The molecular weight excluding hydrogens is 366 g/mol. The number of sulfonamides is 1. The van der Waals surface area contributed by atoms with Crippen LogP contribution in [0.15, 0.2) is 24.3 Å². The topological polar surface area (TPSA) is 95.6 Å². The first kappa shape index (κ1) is 21.2. The first-order chi connectivity index (χ1) is 12.8. The van der Waals surface area contributed by atoms with Gasteiger partial charge in [-0.25, -0.2) is 8.42 Å². The molecule has 0 spiro atoms. The Hall–Kier alpha value is -2.09. The molecule has 0 saturated heterocycles. The Labute approximate surface area is 161 Å². The van der Waals surface area contributed by atoms with Gasteiger partial charge in [-0.05, 0) is 31.4 Å². The van der Waals surface area contributed by atoms with E-state index >= 15 is 0 Å². The Kier molecular flexibility index (Phi) is 7.65. The van der Waals surface area contributed by atoms with E-state index in [-0.39, 0.29) is 31.5 Å². The molecule has 8 heteroatoms. The minimum atomic E-state index is -3.60. The van der Waals surface area contributed by atoms with Crippen molar-refractivity contribution >= 4 is 27.5 Å². The number of hydrogen-bond donors (Lipinski definition) is 2.